The minimum Gasteiger partial charge on any atom is -0.491 e. The minimum atomic E-state index is -0.771. The summed E-state index contributed by atoms with van der Waals surface area (Å²) in [6, 6.07) is 9.73. The molecular formula is C26H26BrClN6O4. The van der Waals surface area contributed by atoms with Gasteiger partial charge in [0.05, 0.1) is 17.2 Å². The molecule has 2 saturated heterocycles. The molecule has 12 heteroatoms. The fourth-order valence-electron chi connectivity index (χ4n) is 4.83. The zero-order valence-electron chi connectivity index (χ0n) is 21.2. The number of aromatic nitrogens is 4. The molecule has 0 unspecified atom stereocenters. The number of nitrogens with zero attached hydrogens (tertiary/aromatic N) is 6. The number of hydrogen-bond donors (Lipinski definition) is 0. The highest BCUT2D eigenvalue weighted by Gasteiger charge is 2.56. The molecule has 198 valence electrons. The van der Waals surface area contributed by atoms with Gasteiger partial charge < -0.3 is 28.4 Å². The normalized spacial score (nSPS) is 24.5. The van der Waals surface area contributed by atoms with Crippen molar-refractivity contribution in [1.29, 1.82) is 0 Å². The largest absolute Gasteiger partial charge is 0.491 e. The highest BCUT2D eigenvalue weighted by atomic mass is 79.9. The molecule has 2 aliphatic rings. The Morgan fingerprint density at radius 1 is 1.18 bits per heavy atom. The van der Waals surface area contributed by atoms with E-state index in [0.29, 0.717) is 17.2 Å². The Hall–Kier alpha value is -2.83. The Bertz CT molecular complexity index is 1540. The Labute approximate surface area is 232 Å². The SMILES string of the molecule is CN(C)C=Nc1nc(Cl)nc2c1ccn2[C@@H]1O[C@H](COc2ccc3cc(Br)cnc3c2)[C@H]2OC(C)(C)O[C@H]21. The number of benzene rings is 1. The van der Waals surface area contributed by atoms with Crippen LogP contribution in [0.3, 0.4) is 0 Å². The van der Waals surface area contributed by atoms with Gasteiger partial charge in [0.2, 0.25) is 5.28 Å². The molecule has 0 aliphatic carbocycles. The van der Waals surface area contributed by atoms with Crippen LogP contribution in [0.25, 0.3) is 21.9 Å². The van der Waals surface area contributed by atoms with Crippen molar-refractivity contribution in [2.45, 2.75) is 44.2 Å². The van der Waals surface area contributed by atoms with Crippen LogP contribution in [0.2, 0.25) is 5.28 Å². The molecule has 4 aromatic rings. The van der Waals surface area contributed by atoms with Crippen molar-refractivity contribution >= 4 is 61.6 Å². The van der Waals surface area contributed by atoms with Crippen molar-refractivity contribution in [1.82, 2.24) is 24.4 Å². The van der Waals surface area contributed by atoms with Crippen LogP contribution in [0.5, 0.6) is 5.75 Å². The molecule has 0 radical (unpaired) electrons. The average molecular weight is 602 g/mol. The van der Waals surface area contributed by atoms with Gasteiger partial charge in [-0.15, -0.1) is 0 Å². The van der Waals surface area contributed by atoms with Crippen LogP contribution in [0.4, 0.5) is 5.82 Å². The highest BCUT2D eigenvalue weighted by molar-refractivity contribution is 9.10. The first kappa shape index (κ1) is 25.4. The van der Waals surface area contributed by atoms with Gasteiger partial charge >= 0.3 is 0 Å². The predicted octanol–water partition coefficient (Wildman–Crippen LogP) is 5.11. The molecule has 0 N–H and O–H groups in total. The Balaban J connectivity index is 1.28. The maximum atomic E-state index is 6.49. The molecule has 2 aliphatic heterocycles. The number of ether oxygens (including phenoxy) is 4. The number of fused-ring (bicyclic) bond motifs is 3. The lowest BCUT2D eigenvalue weighted by atomic mass is 10.1. The van der Waals surface area contributed by atoms with Crippen LogP contribution in [0.1, 0.15) is 20.1 Å². The summed E-state index contributed by atoms with van der Waals surface area (Å²) < 4.78 is 28.0. The molecule has 6 rings (SSSR count). The van der Waals surface area contributed by atoms with Crippen LogP contribution in [-0.4, -0.2) is 75.6 Å². The zero-order valence-corrected chi connectivity index (χ0v) is 23.5. The van der Waals surface area contributed by atoms with Crippen molar-refractivity contribution in [3.63, 3.8) is 0 Å². The molecule has 0 saturated carbocycles. The van der Waals surface area contributed by atoms with Crippen molar-refractivity contribution in [2.75, 3.05) is 20.7 Å². The van der Waals surface area contributed by atoms with Crippen molar-refractivity contribution in [2.24, 2.45) is 4.99 Å². The summed E-state index contributed by atoms with van der Waals surface area (Å²) in [6.45, 7) is 4.06. The Morgan fingerprint density at radius 3 is 2.82 bits per heavy atom. The molecule has 0 spiro atoms. The van der Waals surface area contributed by atoms with E-state index in [1.165, 1.54) is 0 Å². The van der Waals surface area contributed by atoms with Gasteiger partial charge in [-0.05, 0) is 65.6 Å². The van der Waals surface area contributed by atoms with Crippen LogP contribution in [0, 0.1) is 0 Å². The van der Waals surface area contributed by atoms with Gasteiger partial charge in [0.1, 0.15) is 36.3 Å². The molecule has 1 aromatic carbocycles. The third-order valence-corrected chi connectivity index (χ3v) is 6.97. The Morgan fingerprint density at radius 2 is 2.00 bits per heavy atom. The standard InChI is InChI=1S/C26H26BrClN6O4/c1-26(2)37-20-19(12-35-16-6-5-14-9-15(27)11-29-18(14)10-16)36-24(21(20)38-26)34-8-7-17-22(30-13-33(3)4)31-25(28)32-23(17)34/h5-11,13,19-21,24H,12H2,1-4H3/t19-,20-,21-,24-/m1/s1. The summed E-state index contributed by atoms with van der Waals surface area (Å²) in [5.74, 6) is 0.401. The van der Waals surface area contributed by atoms with E-state index in [4.69, 9.17) is 30.5 Å². The summed E-state index contributed by atoms with van der Waals surface area (Å²) in [4.78, 5) is 19.5. The predicted molar refractivity (Wildman–Crippen MR) is 147 cm³/mol. The molecule has 0 amide bonds. The summed E-state index contributed by atoms with van der Waals surface area (Å²) >= 11 is 9.74. The summed E-state index contributed by atoms with van der Waals surface area (Å²) in [5.41, 5.74) is 1.44. The summed E-state index contributed by atoms with van der Waals surface area (Å²) in [6.07, 6.45) is 3.70. The molecule has 38 heavy (non-hydrogen) atoms. The van der Waals surface area contributed by atoms with Crippen LogP contribution < -0.4 is 4.74 Å². The van der Waals surface area contributed by atoms with Crippen molar-refractivity contribution < 1.29 is 18.9 Å². The van der Waals surface area contributed by atoms with Crippen LogP contribution in [-0.2, 0) is 14.2 Å². The molecule has 2 fully saturated rings. The number of halogens is 2. The fourth-order valence-corrected chi connectivity index (χ4v) is 5.33. The lowest BCUT2D eigenvalue weighted by molar-refractivity contribution is -0.198. The number of rotatable bonds is 6. The van der Waals surface area contributed by atoms with Crippen molar-refractivity contribution in [3.05, 3.63) is 52.5 Å². The van der Waals surface area contributed by atoms with E-state index in [0.717, 1.165) is 20.8 Å². The highest BCUT2D eigenvalue weighted by Crippen LogP contribution is 2.44. The molecular weight excluding hydrogens is 576 g/mol. The quantitative estimate of drug-likeness (QED) is 0.171. The third kappa shape index (κ3) is 4.85. The van der Waals surface area contributed by atoms with E-state index in [2.05, 4.69) is 35.9 Å². The van der Waals surface area contributed by atoms with E-state index in [-0.39, 0.29) is 30.2 Å². The Kier molecular flexibility index (Phi) is 6.51. The monoisotopic (exact) mass is 600 g/mol. The lowest BCUT2D eigenvalue weighted by Gasteiger charge is -2.25. The third-order valence-electron chi connectivity index (χ3n) is 6.37. The lowest BCUT2D eigenvalue weighted by Crippen LogP contribution is -2.33. The van der Waals surface area contributed by atoms with Gasteiger partial charge in [0, 0.05) is 42.4 Å². The smallest absolute Gasteiger partial charge is 0.226 e. The van der Waals surface area contributed by atoms with Gasteiger partial charge in [0.25, 0.3) is 0 Å². The maximum Gasteiger partial charge on any atom is 0.226 e. The molecule has 4 atom stereocenters. The zero-order chi connectivity index (χ0) is 26.6. The van der Waals surface area contributed by atoms with E-state index >= 15 is 0 Å². The number of pyridine rings is 1. The first-order chi connectivity index (χ1) is 18.2. The van der Waals surface area contributed by atoms with Gasteiger partial charge in [-0.1, -0.05) is 0 Å². The van der Waals surface area contributed by atoms with E-state index in [1.54, 1.807) is 12.5 Å². The first-order valence-corrected chi connectivity index (χ1v) is 13.3. The second-order valence-corrected chi connectivity index (χ2v) is 11.2. The summed E-state index contributed by atoms with van der Waals surface area (Å²) in [7, 11) is 3.77. The average Bonchev–Trinajstić information content (AvgIpc) is 3.51. The summed E-state index contributed by atoms with van der Waals surface area (Å²) in [5, 5.41) is 1.87. The second-order valence-electron chi connectivity index (χ2n) is 9.93. The first-order valence-electron chi connectivity index (χ1n) is 12.1. The van der Waals surface area contributed by atoms with E-state index < -0.39 is 12.0 Å². The topological polar surface area (TPSA) is 96.1 Å². The molecule has 0 bridgehead atoms. The molecule has 5 heterocycles. The van der Waals surface area contributed by atoms with Crippen LogP contribution >= 0.6 is 27.5 Å². The van der Waals surface area contributed by atoms with E-state index in [9.17, 15) is 0 Å². The maximum absolute atomic E-state index is 6.49. The fraction of sp³-hybridized carbons (Fsp3) is 0.385. The molecule has 3 aromatic heterocycles. The van der Waals surface area contributed by atoms with Crippen LogP contribution in [0.15, 0.2) is 52.2 Å². The van der Waals surface area contributed by atoms with Gasteiger partial charge in [-0.25, -0.2) is 4.99 Å². The minimum absolute atomic E-state index is 0.0960. The van der Waals surface area contributed by atoms with Gasteiger partial charge in [0.15, 0.2) is 17.8 Å². The van der Waals surface area contributed by atoms with Crippen molar-refractivity contribution in [3.8, 4) is 5.75 Å². The van der Waals surface area contributed by atoms with Gasteiger partial charge in [-0.2, -0.15) is 9.97 Å². The molecule has 10 nitrogen and oxygen atoms in total. The van der Waals surface area contributed by atoms with E-state index in [1.807, 2.05) is 73.9 Å². The number of aliphatic imine (C=N–C) groups is 1. The van der Waals surface area contributed by atoms with Gasteiger partial charge in [-0.3, -0.25) is 4.98 Å². The number of hydrogen-bond acceptors (Lipinski definition) is 8. The second kappa shape index (κ2) is 9.73.